The molecule has 3 heteroatoms. The van der Waals surface area contributed by atoms with E-state index >= 15 is 0 Å². The van der Waals surface area contributed by atoms with Gasteiger partial charge in [-0.2, -0.15) is 5.26 Å². The van der Waals surface area contributed by atoms with Gasteiger partial charge >= 0.3 is 0 Å². The van der Waals surface area contributed by atoms with Gasteiger partial charge in [-0.1, -0.05) is 6.42 Å². The molecule has 1 rings (SSSR count). The molecule has 2 atom stereocenters. The van der Waals surface area contributed by atoms with Crippen molar-refractivity contribution in [1.29, 1.82) is 5.26 Å². The van der Waals surface area contributed by atoms with E-state index in [1.807, 2.05) is 13.8 Å². The van der Waals surface area contributed by atoms with E-state index in [0.29, 0.717) is 12.1 Å². The van der Waals surface area contributed by atoms with Crippen LogP contribution >= 0.6 is 0 Å². The molecule has 2 unspecified atom stereocenters. The standard InChI is InChI=1S/C13H25N3/c1-11(16-10-13(2,3)9-14)8-12-6-4-5-7-15-12/h11-12,15-16H,4-8,10H2,1-3H3. The maximum absolute atomic E-state index is 8.93. The summed E-state index contributed by atoms with van der Waals surface area (Å²) in [5.41, 5.74) is -0.256. The highest BCUT2D eigenvalue weighted by Crippen LogP contribution is 2.14. The summed E-state index contributed by atoms with van der Waals surface area (Å²) in [7, 11) is 0. The van der Waals surface area contributed by atoms with Crippen LogP contribution in [0.3, 0.4) is 0 Å². The average Bonchev–Trinajstić information content (AvgIpc) is 2.28. The minimum atomic E-state index is -0.256. The molecule has 1 aliphatic rings. The number of nitriles is 1. The van der Waals surface area contributed by atoms with Gasteiger partial charge in [0.2, 0.25) is 0 Å². The van der Waals surface area contributed by atoms with E-state index in [-0.39, 0.29) is 5.41 Å². The molecule has 1 aliphatic heterocycles. The third-order valence-corrected chi connectivity index (χ3v) is 3.25. The van der Waals surface area contributed by atoms with Crippen LogP contribution in [0.4, 0.5) is 0 Å². The monoisotopic (exact) mass is 223 g/mol. The second-order valence-electron chi connectivity index (χ2n) is 5.66. The molecule has 16 heavy (non-hydrogen) atoms. The predicted molar refractivity (Wildman–Crippen MR) is 67.1 cm³/mol. The summed E-state index contributed by atoms with van der Waals surface area (Å²) in [4.78, 5) is 0. The van der Waals surface area contributed by atoms with Crippen molar-refractivity contribution >= 4 is 0 Å². The van der Waals surface area contributed by atoms with E-state index < -0.39 is 0 Å². The first-order chi connectivity index (χ1) is 7.53. The lowest BCUT2D eigenvalue weighted by molar-refractivity contribution is 0.327. The Kier molecular flexibility index (Phi) is 5.24. The molecule has 0 aromatic carbocycles. The van der Waals surface area contributed by atoms with E-state index in [9.17, 15) is 0 Å². The van der Waals surface area contributed by atoms with Gasteiger partial charge in [-0.3, -0.25) is 0 Å². The van der Waals surface area contributed by atoms with Gasteiger partial charge < -0.3 is 10.6 Å². The first kappa shape index (κ1) is 13.5. The maximum Gasteiger partial charge on any atom is 0.0697 e. The van der Waals surface area contributed by atoms with Crippen LogP contribution in [0.2, 0.25) is 0 Å². The summed E-state index contributed by atoms with van der Waals surface area (Å²) in [5, 5.41) is 15.9. The molecule has 1 saturated heterocycles. The minimum absolute atomic E-state index is 0.256. The Morgan fingerprint density at radius 3 is 2.81 bits per heavy atom. The first-order valence-electron chi connectivity index (χ1n) is 6.41. The van der Waals surface area contributed by atoms with E-state index in [0.717, 1.165) is 6.54 Å². The number of hydrogen-bond donors (Lipinski definition) is 2. The van der Waals surface area contributed by atoms with Crippen LogP contribution in [0.15, 0.2) is 0 Å². The summed E-state index contributed by atoms with van der Waals surface area (Å²) in [5.74, 6) is 0. The van der Waals surface area contributed by atoms with Crippen molar-refractivity contribution in [3.05, 3.63) is 0 Å². The van der Waals surface area contributed by atoms with E-state index in [4.69, 9.17) is 5.26 Å². The molecule has 2 N–H and O–H groups in total. The lowest BCUT2D eigenvalue weighted by Gasteiger charge is -2.28. The minimum Gasteiger partial charge on any atom is -0.314 e. The van der Waals surface area contributed by atoms with Gasteiger partial charge in [-0.15, -0.1) is 0 Å². The summed E-state index contributed by atoms with van der Waals surface area (Å²) in [6.45, 7) is 8.11. The van der Waals surface area contributed by atoms with E-state index in [1.54, 1.807) is 0 Å². The van der Waals surface area contributed by atoms with Crippen molar-refractivity contribution < 1.29 is 0 Å². The zero-order chi connectivity index (χ0) is 12.0. The average molecular weight is 223 g/mol. The number of rotatable bonds is 5. The number of nitrogens with one attached hydrogen (secondary N) is 2. The van der Waals surface area contributed by atoms with Gasteiger partial charge in [0.1, 0.15) is 0 Å². The quantitative estimate of drug-likeness (QED) is 0.750. The maximum atomic E-state index is 8.93. The molecule has 0 aromatic rings. The highest BCUT2D eigenvalue weighted by atomic mass is 15.0. The van der Waals surface area contributed by atoms with Crippen LogP contribution in [0.5, 0.6) is 0 Å². The Morgan fingerprint density at radius 1 is 1.50 bits per heavy atom. The second kappa shape index (κ2) is 6.22. The Balaban J connectivity index is 2.20. The molecule has 0 aliphatic carbocycles. The Labute approximate surface area is 99.6 Å². The topological polar surface area (TPSA) is 47.8 Å². The molecule has 92 valence electrons. The van der Waals surface area contributed by atoms with Crippen molar-refractivity contribution in [2.24, 2.45) is 5.41 Å². The summed E-state index contributed by atoms with van der Waals surface area (Å²) >= 11 is 0. The van der Waals surface area contributed by atoms with Gasteiger partial charge in [-0.05, 0) is 46.6 Å². The van der Waals surface area contributed by atoms with Gasteiger partial charge in [0, 0.05) is 18.6 Å². The van der Waals surface area contributed by atoms with E-state index in [2.05, 4.69) is 23.6 Å². The van der Waals surface area contributed by atoms with Crippen molar-refractivity contribution in [1.82, 2.24) is 10.6 Å². The Morgan fingerprint density at radius 2 is 2.25 bits per heavy atom. The molecular weight excluding hydrogens is 198 g/mol. The molecule has 1 fully saturated rings. The molecule has 0 aromatic heterocycles. The molecule has 0 amide bonds. The zero-order valence-corrected chi connectivity index (χ0v) is 10.8. The second-order valence-corrected chi connectivity index (χ2v) is 5.66. The molecule has 0 radical (unpaired) electrons. The summed E-state index contributed by atoms with van der Waals surface area (Å²) < 4.78 is 0. The predicted octanol–water partition coefficient (Wildman–Crippen LogP) is 2.05. The van der Waals surface area contributed by atoms with Crippen molar-refractivity contribution in [3.63, 3.8) is 0 Å². The van der Waals surface area contributed by atoms with Crippen LogP contribution in [-0.4, -0.2) is 25.2 Å². The van der Waals surface area contributed by atoms with Crippen LogP contribution in [0, 0.1) is 16.7 Å². The number of piperidine rings is 1. The smallest absolute Gasteiger partial charge is 0.0697 e. The van der Waals surface area contributed by atoms with Gasteiger partial charge in [0.25, 0.3) is 0 Å². The molecule has 0 bridgehead atoms. The van der Waals surface area contributed by atoms with E-state index in [1.165, 1.54) is 32.2 Å². The zero-order valence-electron chi connectivity index (χ0n) is 10.8. The Bertz CT molecular complexity index is 236. The molecule has 1 heterocycles. The lowest BCUT2D eigenvalue weighted by atomic mass is 9.94. The fourth-order valence-corrected chi connectivity index (χ4v) is 2.10. The fraction of sp³-hybridized carbons (Fsp3) is 0.923. The highest BCUT2D eigenvalue weighted by Gasteiger charge is 2.19. The van der Waals surface area contributed by atoms with Crippen molar-refractivity contribution in [3.8, 4) is 6.07 Å². The van der Waals surface area contributed by atoms with Crippen LogP contribution in [-0.2, 0) is 0 Å². The molecule has 0 spiro atoms. The molecular formula is C13H25N3. The Hall–Kier alpha value is -0.590. The first-order valence-corrected chi connectivity index (χ1v) is 6.41. The fourth-order valence-electron chi connectivity index (χ4n) is 2.10. The van der Waals surface area contributed by atoms with Crippen molar-refractivity contribution in [2.45, 2.75) is 58.5 Å². The molecule has 0 saturated carbocycles. The molecule has 3 nitrogen and oxygen atoms in total. The van der Waals surface area contributed by atoms with Gasteiger partial charge in [-0.25, -0.2) is 0 Å². The SMILES string of the molecule is CC(CC1CCCCN1)NCC(C)(C)C#N. The third kappa shape index (κ3) is 4.96. The van der Waals surface area contributed by atoms with Crippen LogP contribution < -0.4 is 10.6 Å². The summed E-state index contributed by atoms with van der Waals surface area (Å²) in [6.07, 6.45) is 5.14. The number of nitrogens with zero attached hydrogens (tertiary/aromatic N) is 1. The normalized spacial score (nSPS) is 23.8. The third-order valence-electron chi connectivity index (χ3n) is 3.25. The van der Waals surface area contributed by atoms with Crippen LogP contribution in [0.25, 0.3) is 0 Å². The van der Waals surface area contributed by atoms with Gasteiger partial charge in [0.15, 0.2) is 0 Å². The van der Waals surface area contributed by atoms with Gasteiger partial charge in [0.05, 0.1) is 11.5 Å². The number of hydrogen-bond acceptors (Lipinski definition) is 3. The highest BCUT2D eigenvalue weighted by molar-refractivity contribution is 4.94. The lowest BCUT2D eigenvalue weighted by Crippen LogP contribution is -2.42. The summed E-state index contributed by atoms with van der Waals surface area (Å²) in [6, 6.07) is 3.48. The van der Waals surface area contributed by atoms with Crippen LogP contribution in [0.1, 0.15) is 46.5 Å². The largest absolute Gasteiger partial charge is 0.314 e. The van der Waals surface area contributed by atoms with Crippen molar-refractivity contribution in [2.75, 3.05) is 13.1 Å².